The number of carbonyl (C=O) groups is 1. The molecule has 0 saturated carbocycles. The largest absolute Gasteiger partial charge is 0.335 e. The van der Waals surface area contributed by atoms with Gasteiger partial charge in [-0.1, -0.05) is 0 Å². The highest BCUT2D eigenvalue weighted by molar-refractivity contribution is 7.99. The monoisotopic (exact) mass is 215 g/mol. The molecule has 0 radical (unpaired) electrons. The highest BCUT2D eigenvalue weighted by Gasteiger charge is 2.21. The Labute approximate surface area is 88.6 Å². The Kier molecular flexibility index (Phi) is 3.53. The number of rotatable bonds is 2. The van der Waals surface area contributed by atoms with Crippen LogP contribution in [0.5, 0.6) is 0 Å². The number of nitrogens with one attached hydrogen (secondary N) is 3. The van der Waals surface area contributed by atoms with Crippen molar-refractivity contribution >= 4 is 17.8 Å². The van der Waals surface area contributed by atoms with Crippen LogP contribution in [0.3, 0.4) is 0 Å². The van der Waals surface area contributed by atoms with E-state index < -0.39 is 0 Å². The molecule has 4 nitrogen and oxygen atoms in total. The molecule has 3 N–H and O–H groups in total. The number of thioether (sulfide) groups is 1. The van der Waals surface area contributed by atoms with Gasteiger partial charge in [-0.3, -0.25) is 0 Å². The quantitative estimate of drug-likeness (QED) is 0.615. The van der Waals surface area contributed by atoms with Crippen LogP contribution in [0.25, 0.3) is 0 Å². The Hall–Kier alpha value is -0.420. The zero-order valence-corrected chi connectivity index (χ0v) is 9.03. The fourth-order valence-corrected chi connectivity index (χ4v) is 2.75. The van der Waals surface area contributed by atoms with E-state index in [1.165, 1.54) is 11.5 Å². The van der Waals surface area contributed by atoms with Crippen LogP contribution in [0, 0.1) is 0 Å². The predicted octanol–water partition coefficient (Wildman–Crippen LogP) is 0.153. The predicted molar refractivity (Wildman–Crippen MR) is 58.7 cm³/mol. The molecule has 2 aliphatic heterocycles. The molecule has 2 aliphatic rings. The first-order valence-corrected chi connectivity index (χ1v) is 6.35. The standard InChI is InChI=1S/C9H17N3OS/c13-9(12-8-5-10-6-8)11-7-1-3-14-4-2-7/h7-8,10H,1-6H2,(H2,11,12,13). The molecule has 2 amide bonds. The molecule has 2 saturated heterocycles. The molecule has 0 bridgehead atoms. The van der Waals surface area contributed by atoms with Crippen LogP contribution in [-0.2, 0) is 0 Å². The second-order valence-electron chi connectivity index (χ2n) is 3.86. The third-order valence-corrected chi connectivity index (χ3v) is 3.72. The van der Waals surface area contributed by atoms with Crippen molar-refractivity contribution in [2.75, 3.05) is 24.6 Å². The highest BCUT2D eigenvalue weighted by Crippen LogP contribution is 2.16. The molecule has 0 unspecified atom stereocenters. The molecule has 0 aromatic rings. The molecule has 14 heavy (non-hydrogen) atoms. The minimum atomic E-state index is 0.00778. The summed E-state index contributed by atoms with van der Waals surface area (Å²) >= 11 is 1.97. The summed E-state index contributed by atoms with van der Waals surface area (Å²) in [4.78, 5) is 11.5. The SMILES string of the molecule is O=C(NC1CCSCC1)NC1CNC1. The maximum absolute atomic E-state index is 11.5. The average molecular weight is 215 g/mol. The van der Waals surface area contributed by atoms with E-state index in [4.69, 9.17) is 0 Å². The number of amides is 2. The summed E-state index contributed by atoms with van der Waals surface area (Å²) in [5.74, 6) is 2.35. The van der Waals surface area contributed by atoms with E-state index in [1.807, 2.05) is 11.8 Å². The van der Waals surface area contributed by atoms with Gasteiger partial charge in [-0.05, 0) is 24.3 Å². The van der Waals surface area contributed by atoms with Gasteiger partial charge in [-0.25, -0.2) is 4.79 Å². The summed E-state index contributed by atoms with van der Waals surface area (Å²) in [6.07, 6.45) is 2.22. The summed E-state index contributed by atoms with van der Waals surface area (Å²) in [5, 5.41) is 9.10. The number of hydrogen-bond acceptors (Lipinski definition) is 3. The van der Waals surface area contributed by atoms with Crippen molar-refractivity contribution in [3.63, 3.8) is 0 Å². The van der Waals surface area contributed by atoms with E-state index in [1.54, 1.807) is 0 Å². The van der Waals surface area contributed by atoms with Gasteiger partial charge in [0.1, 0.15) is 0 Å². The van der Waals surface area contributed by atoms with Gasteiger partial charge in [0.2, 0.25) is 0 Å². The lowest BCUT2D eigenvalue weighted by Gasteiger charge is -2.29. The van der Waals surface area contributed by atoms with Gasteiger partial charge in [0.05, 0.1) is 6.04 Å². The lowest BCUT2D eigenvalue weighted by molar-refractivity contribution is 0.226. The average Bonchev–Trinajstić information content (AvgIpc) is 2.13. The van der Waals surface area contributed by atoms with Crippen LogP contribution >= 0.6 is 11.8 Å². The van der Waals surface area contributed by atoms with E-state index in [-0.39, 0.29) is 6.03 Å². The van der Waals surface area contributed by atoms with Crippen LogP contribution in [0.2, 0.25) is 0 Å². The van der Waals surface area contributed by atoms with Crippen LogP contribution in [0.15, 0.2) is 0 Å². The van der Waals surface area contributed by atoms with Gasteiger partial charge in [0.25, 0.3) is 0 Å². The van der Waals surface area contributed by atoms with E-state index in [9.17, 15) is 4.79 Å². The summed E-state index contributed by atoms with van der Waals surface area (Å²) in [7, 11) is 0. The van der Waals surface area contributed by atoms with Crippen LogP contribution in [0.4, 0.5) is 4.79 Å². The second kappa shape index (κ2) is 4.89. The Morgan fingerprint density at radius 1 is 1.14 bits per heavy atom. The van der Waals surface area contributed by atoms with Crippen molar-refractivity contribution in [1.29, 1.82) is 0 Å². The fourth-order valence-electron chi connectivity index (χ4n) is 1.65. The van der Waals surface area contributed by atoms with Crippen LogP contribution in [-0.4, -0.2) is 42.7 Å². The molecule has 2 rings (SSSR count). The number of urea groups is 1. The molecular weight excluding hydrogens is 198 g/mol. The second-order valence-corrected chi connectivity index (χ2v) is 5.08. The van der Waals surface area contributed by atoms with Gasteiger partial charge in [0.15, 0.2) is 0 Å². The molecule has 80 valence electrons. The summed E-state index contributed by atoms with van der Waals surface area (Å²) in [5.41, 5.74) is 0. The smallest absolute Gasteiger partial charge is 0.315 e. The first-order valence-electron chi connectivity index (χ1n) is 5.20. The molecule has 2 fully saturated rings. The molecule has 5 heteroatoms. The van der Waals surface area contributed by atoms with E-state index in [0.717, 1.165) is 25.9 Å². The maximum Gasteiger partial charge on any atom is 0.315 e. The van der Waals surface area contributed by atoms with Crippen LogP contribution in [0.1, 0.15) is 12.8 Å². The van der Waals surface area contributed by atoms with E-state index >= 15 is 0 Å². The third kappa shape index (κ3) is 2.78. The zero-order chi connectivity index (χ0) is 9.80. The van der Waals surface area contributed by atoms with Gasteiger partial charge in [-0.15, -0.1) is 0 Å². The van der Waals surface area contributed by atoms with E-state index in [0.29, 0.717) is 12.1 Å². The van der Waals surface area contributed by atoms with Crippen molar-refractivity contribution < 1.29 is 4.79 Å². The summed E-state index contributed by atoms with van der Waals surface area (Å²) in [6, 6.07) is 0.741. The van der Waals surface area contributed by atoms with Gasteiger partial charge in [-0.2, -0.15) is 11.8 Å². The zero-order valence-electron chi connectivity index (χ0n) is 8.21. The third-order valence-electron chi connectivity index (χ3n) is 2.67. The Balaban J connectivity index is 1.64. The van der Waals surface area contributed by atoms with Crippen molar-refractivity contribution in [3.8, 4) is 0 Å². The van der Waals surface area contributed by atoms with Crippen molar-refractivity contribution in [3.05, 3.63) is 0 Å². The van der Waals surface area contributed by atoms with Gasteiger partial charge in [0, 0.05) is 19.1 Å². The normalized spacial score (nSPS) is 24.0. The molecule has 0 aliphatic carbocycles. The van der Waals surface area contributed by atoms with Crippen LogP contribution < -0.4 is 16.0 Å². The molecule has 0 spiro atoms. The minimum Gasteiger partial charge on any atom is -0.335 e. The topological polar surface area (TPSA) is 53.2 Å². The Morgan fingerprint density at radius 2 is 1.79 bits per heavy atom. The molecule has 2 heterocycles. The van der Waals surface area contributed by atoms with Gasteiger partial charge >= 0.3 is 6.03 Å². The Bertz CT molecular complexity index is 202. The highest BCUT2D eigenvalue weighted by atomic mass is 32.2. The Morgan fingerprint density at radius 3 is 2.36 bits per heavy atom. The van der Waals surface area contributed by atoms with Crippen molar-refractivity contribution in [2.24, 2.45) is 0 Å². The van der Waals surface area contributed by atoms with E-state index in [2.05, 4.69) is 16.0 Å². The fraction of sp³-hybridized carbons (Fsp3) is 0.889. The summed E-state index contributed by atoms with van der Waals surface area (Å²) < 4.78 is 0. The minimum absolute atomic E-state index is 0.00778. The number of carbonyl (C=O) groups excluding carboxylic acids is 1. The lowest BCUT2D eigenvalue weighted by Crippen LogP contribution is -2.59. The van der Waals surface area contributed by atoms with Crippen molar-refractivity contribution in [2.45, 2.75) is 24.9 Å². The van der Waals surface area contributed by atoms with Crippen molar-refractivity contribution in [1.82, 2.24) is 16.0 Å². The molecular formula is C9H17N3OS. The lowest BCUT2D eigenvalue weighted by atomic mass is 10.1. The molecule has 0 aromatic heterocycles. The molecule has 0 atom stereocenters. The molecule has 0 aromatic carbocycles. The maximum atomic E-state index is 11.5. The first-order chi connectivity index (χ1) is 6.84. The number of hydrogen-bond donors (Lipinski definition) is 3. The van der Waals surface area contributed by atoms with Gasteiger partial charge < -0.3 is 16.0 Å². The first kappa shape index (κ1) is 10.1. The summed E-state index contributed by atoms with van der Waals surface area (Å²) in [6.45, 7) is 1.82.